The number of esters is 3. The number of carbonyl (C=O) groups excluding carboxylic acids is 3. The van der Waals surface area contributed by atoms with E-state index in [0.717, 1.165) is 0 Å². The van der Waals surface area contributed by atoms with Gasteiger partial charge in [0, 0.05) is 0 Å². The van der Waals surface area contributed by atoms with Crippen LogP contribution in [0.1, 0.15) is 31.1 Å². The van der Waals surface area contributed by atoms with Gasteiger partial charge in [0.05, 0.1) is 16.7 Å². The summed E-state index contributed by atoms with van der Waals surface area (Å²) in [6.45, 7) is -2.00. The Hall–Kier alpha value is -4.08. The first-order valence-corrected chi connectivity index (χ1v) is 11.1. The van der Waals surface area contributed by atoms with Gasteiger partial charge in [0.1, 0.15) is 19.4 Å². The number of aliphatic hydroxyl groups is 1. The average molecular weight is 494 g/mol. The van der Waals surface area contributed by atoms with Crippen molar-refractivity contribution in [2.24, 2.45) is 0 Å². The number of halogens is 1. The Morgan fingerprint density at radius 2 is 1.19 bits per heavy atom. The molecule has 1 aliphatic heterocycles. The van der Waals surface area contributed by atoms with Crippen LogP contribution in [0.25, 0.3) is 0 Å². The molecule has 36 heavy (non-hydrogen) atoms. The highest BCUT2D eigenvalue weighted by atomic mass is 19.1. The molecule has 1 saturated heterocycles. The van der Waals surface area contributed by atoms with E-state index >= 15 is 0 Å². The Balaban J connectivity index is 1.59. The molecule has 1 aliphatic rings. The summed E-state index contributed by atoms with van der Waals surface area (Å²) in [6.07, 6.45) is -4.57. The summed E-state index contributed by atoms with van der Waals surface area (Å²) in [5, 5.41) is 10.9. The fourth-order valence-electron chi connectivity index (χ4n) is 3.72. The summed E-state index contributed by atoms with van der Waals surface area (Å²) >= 11 is 0. The van der Waals surface area contributed by atoms with Gasteiger partial charge in [0.15, 0.2) is 12.2 Å². The van der Waals surface area contributed by atoms with Gasteiger partial charge in [-0.1, -0.05) is 54.6 Å². The molecule has 0 spiro atoms. The molecule has 0 aliphatic carbocycles. The zero-order valence-electron chi connectivity index (χ0n) is 19.0. The SMILES string of the molecule is O=C(OC[C@H]1O[C@@](O)(CF)[C@@H](OC(=O)c2ccccc2)[C@@H]1OC(=O)c1ccccc1)c1ccccc1. The number of hydrogen-bond acceptors (Lipinski definition) is 8. The van der Waals surface area contributed by atoms with E-state index in [0.29, 0.717) is 0 Å². The third kappa shape index (κ3) is 5.59. The number of carbonyl (C=O) groups is 3. The van der Waals surface area contributed by atoms with E-state index in [1.54, 1.807) is 54.6 Å². The van der Waals surface area contributed by atoms with Crippen molar-refractivity contribution in [3.8, 4) is 0 Å². The van der Waals surface area contributed by atoms with Gasteiger partial charge in [-0.15, -0.1) is 0 Å². The number of alkyl halides is 1. The van der Waals surface area contributed by atoms with Crippen molar-refractivity contribution in [3.63, 3.8) is 0 Å². The lowest BCUT2D eigenvalue weighted by atomic mass is 10.0. The van der Waals surface area contributed by atoms with E-state index in [1.807, 2.05) is 0 Å². The van der Waals surface area contributed by atoms with Crippen molar-refractivity contribution in [2.75, 3.05) is 13.3 Å². The second-order valence-corrected chi connectivity index (χ2v) is 8.03. The summed E-state index contributed by atoms with van der Waals surface area (Å²) in [5.74, 6) is -5.07. The fourth-order valence-corrected chi connectivity index (χ4v) is 3.72. The molecule has 0 unspecified atom stereocenters. The van der Waals surface area contributed by atoms with Crippen LogP contribution in [-0.2, 0) is 18.9 Å². The van der Waals surface area contributed by atoms with E-state index in [1.165, 1.54) is 36.4 Å². The predicted molar refractivity (Wildman–Crippen MR) is 124 cm³/mol. The molecule has 1 fully saturated rings. The first kappa shape index (κ1) is 25.0. The van der Waals surface area contributed by atoms with Crippen molar-refractivity contribution in [1.82, 2.24) is 0 Å². The molecule has 0 aromatic heterocycles. The molecule has 1 heterocycles. The Morgan fingerprint density at radius 3 is 1.67 bits per heavy atom. The van der Waals surface area contributed by atoms with Crippen molar-refractivity contribution >= 4 is 17.9 Å². The largest absolute Gasteiger partial charge is 0.459 e. The van der Waals surface area contributed by atoms with E-state index in [2.05, 4.69) is 0 Å². The molecule has 4 atom stereocenters. The third-order valence-corrected chi connectivity index (χ3v) is 5.54. The molecule has 186 valence electrons. The quantitative estimate of drug-likeness (QED) is 0.375. The zero-order chi connectivity index (χ0) is 25.5. The first-order valence-electron chi connectivity index (χ1n) is 11.1. The van der Waals surface area contributed by atoms with Crippen LogP contribution in [0.5, 0.6) is 0 Å². The lowest BCUT2D eigenvalue weighted by Crippen LogP contribution is -2.49. The molecule has 0 amide bonds. The maximum Gasteiger partial charge on any atom is 0.338 e. The third-order valence-electron chi connectivity index (χ3n) is 5.54. The number of rotatable bonds is 8. The van der Waals surface area contributed by atoms with Gasteiger partial charge in [0.25, 0.3) is 0 Å². The van der Waals surface area contributed by atoms with Crippen molar-refractivity contribution in [1.29, 1.82) is 0 Å². The first-order chi connectivity index (χ1) is 17.4. The predicted octanol–water partition coefficient (Wildman–Crippen LogP) is 3.35. The standard InChI is InChI=1S/C27H23FO8/c28-17-27(32)23(35-26(31)20-14-8-3-9-15-20)22(34-25(30)19-12-6-2-7-13-19)21(36-27)16-33-24(29)18-10-4-1-5-11-18/h1-15,21-23,32H,16-17H2/t21-,22-,23+,27+/m1/s1. The van der Waals surface area contributed by atoms with Gasteiger partial charge in [0.2, 0.25) is 5.79 Å². The average Bonchev–Trinajstić information content (AvgIpc) is 3.19. The van der Waals surface area contributed by atoms with Gasteiger partial charge in [-0.3, -0.25) is 0 Å². The molecular weight excluding hydrogens is 471 g/mol. The Kier molecular flexibility index (Phi) is 7.72. The smallest absolute Gasteiger partial charge is 0.338 e. The van der Waals surface area contributed by atoms with Crippen LogP contribution in [0.15, 0.2) is 91.0 Å². The molecule has 4 rings (SSSR count). The Bertz CT molecular complexity index is 1190. The second kappa shape index (κ2) is 11.1. The van der Waals surface area contributed by atoms with Crippen LogP contribution >= 0.6 is 0 Å². The van der Waals surface area contributed by atoms with Crippen molar-refractivity contribution in [3.05, 3.63) is 108 Å². The zero-order valence-corrected chi connectivity index (χ0v) is 19.0. The normalized spacial score (nSPS) is 23.0. The van der Waals surface area contributed by atoms with E-state index in [9.17, 15) is 23.9 Å². The van der Waals surface area contributed by atoms with Gasteiger partial charge in [-0.25, -0.2) is 18.8 Å². The van der Waals surface area contributed by atoms with Gasteiger partial charge >= 0.3 is 17.9 Å². The molecule has 1 N–H and O–H groups in total. The van der Waals surface area contributed by atoms with Gasteiger partial charge < -0.3 is 24.1 Å². The monoisotopic (exact) mass is 494 g/mol. The molecule has 8 nitrogen and oxygen atoms in total. The van der Waals surface area contributed by atoms with Gasteiger partial charge in [-0.05, 0) is 36.4 Å². The molecule has 9 heteroatoms. The lowest BCUT2D eigenvalue weighted by molar-refractivity contribution is -0.237. The minimum atomic E-state index is -2.64. The molecule has 0 saturated carbocycles. The maximum absolute atomic E-state index is 14.0. The Morgan fingerprint density at radius 1 is 0.750 bits per heavy atom. The number of benzene rings is 3. The van der Waals surface area contributed by atoms with Gasteiger partial charge in [-0.2, -0.15) is 0 Å². The summed E-state index contributed by atoms with van der Waals surface area (Å²) in [5.41, 5.74) is 0.549. The van der Waals surface area contributed by atoms with E-state index in [-0.39, 0.29) is 16.7 Å². The topological polar surface area (TPSA) is 108 Å². The minimum absolute atomic E-state index is 0.130. The molecule has 3 aromatic rings. The van der Waals surface area contributed by atoms with Crippen LogP contribution in [0.2, 0.25) is 0 Å². The summed E-state index contributed by atoms with van der Waals surface area (Å²) < 4.78 is 35.7. The molecule has 3 aromatic carbocycles. The molecule has 0 bridgehead atoms. The summed E-state index contributed by atoms with van der Waals surface area (Å²) in [7, 11) is 0. The summed E-state index contributed by atoms with van der Waals surface area (Å²) in [6, 6.07) is 23.8. The molecular formula is C27H23FO8. The minimum Gasteiger partial charge on any atom is -0.459 e. The molecule has 0 radical (unpaired) electrons. The van der Waals surface area contributed by atoms with Crippen LogP contribution in [0.3, 0.4) is 0 Å². The number of ether oxygens (including phenoxy) is 4. The number of hydrogen-bond donors (Lipinski definition) is 1. The highest BCUT2D eigenvalue weighted by Crippen LogP contribution is 2.35. The van der Waals surface area contributed by atoms with Crippen LogP contribution in [0, 0.1) is 0 Å². The fraction of sp³-hybridized carbons (Fsp3) is 0.222. The van der Waals surface area contributed by atoms with Crippen molar-refractivity contribution < 1.29 is 42.8 Å². The van der Waals surface area contributed by atoms with E-state index in [4.69, 9.17) is 18.9 Å². The van der Waals surface area contributed by atoms with Crippen LogP contribution in [-0.4, -0.2) is 60.4 Å². The van der Waals surface area contributed by atoms with E-state index < -0.39 is 55.3 Å². The lowest BCUT2D eigenvalue weighted by Gasteiger charge is -2.27. The van der Waals surface area contributed by atoms with Crippen LogP contribution in [0.4, 0.5) is 4.39 Å². The summed E-state index contributed by atoms with van der Waals surface area (Å²) in [4.78, 5) is 38.0. The second-order valence-electron chi connectivity index (χ2n) is 8.03. The maximum atomic E-state index is 14.0. The van der Waals surface area contributed by atoms with Crippen LogP contribution < -0.4 is 0 Å². The highest BCUT2D eigenvalue weighted by Gasteiger charge is 2.59. The highest BCUT2D eigenvalue weighted by molar-refractivity contribution is 5.91. The Labute approximate surface area is 206 Å². The van der Waals surface area contributed by atoms with Crippen molar-refractivity contribution in [2.45, 2.75) is 24.1 Å².